The summed E-state index contributed by atoms with van der Waals surface area (Å²) in [6.45, 7) is 2.53. The lowest BCUT2D eigenvalue weighted by molar-refractivity contribution is 0.0693. The molecule has 0 aromatic heterocycles. The lowest BCUT2D eigenvalue weighted by atomic mass is 10.1. The highest BCUT2D eigenvalue weighted by atomic mass is 16.4. The minimum atomic E-state index is -1.16. The van der Waals surface area contributed by atoms with Crippen molar-refractivity contribution >= 4 is 12.2 Å². The third-order valence-electron chi connectivity index (χ3n) is 2.27. The third-order valence-corrected chi connectivity index (χ3v) is 2.27. The Morgan fingerprint density at radius 3 is 2.89 bits per heavy atom. The van der Waals surface area contributed by atoms with Crippen molar-refractivity contribution in [2.45, 2.75) is 0 Å². The number of benzene rings is 1. The number of carbonyl (C=O) groups is 1. The van der Waals surface area contributed by atoms with Crippen LogP contribution in [0.3, 0.4) is 0 Å². The Kier molecular flexibility index (Phi) is 5.83. The quantitative estimate of drug-likeness (QED) is 0.405. The molecule has 18 heavy (non-hydrogen) atoms. The zero-order valence-electron chi connectivity index (χ0n) is 9.97. The van der Waals surface area contributed by atoms with E-state index in [9.17, 15) is 9.90 Å². The van der Waals surface area contributed by atoms with Gasteiger partial charge in [0.1, 0.15) is 11.3 Å². The number of aliphatic imine (C=N–C) groups is 1. The normalized spacial score (nSPS) is 10.9. The molecule has 0 unspecified atom stereocenters. The van der Waals surface area contributed by atoms with Gasteiger partial charge in [-0.25, -0.2) is 4.79 Å². The van der Waals surface area contributed by atoms with Crippen LogP contribution >= 0.6 is 0 Å². The van der Waals surface area contributed by atoms with Crippen LogP contribution in [0.5, 0.6) is 5.75 Å². The first-order valence-corrected chi connectivity index (χ1v) is 5.62. The van der Waals surface area contributed by atoms with Gasteiger partial charge in [-0.3, -0.25) is 4.99 Å². The zero-order valence-corrected chi connectivity index (χ0v) is 9.97. The smallest absolute Gasteiger partial charge is 0.339 e. The Morgan fingerprint density at radius 2 is 2.22 bits per heavy atom. The van der Waals surface area contributed by atoms with Gasteiger partial charge in [0, 0.05) is 31.4 Å². The molecule has 6 nitrogen and oxygen atoms in total. The predicted molar refractivity (Wildman–Crippen MR) is 69.5 cm³/mol. The molecule has 0 saturated heterocycles. The Balaban J connectivity index is 2.59. The first kappa shape index (κ1) is 14.1. The molecular formula is C12H17N3O3. The molecule has 0 aliphatic carbocycles. The first-order valence-electron chi connectivity index (χ1n) is 5.62. The SMILES string of the molecule is NCCNCCN=Cc1cccc(C(=O)O)c1O. The summed E-state index contributed by atoms with van der Waals surface area (Å²) >= 11 is 0. The van der Waals surface area contributed by atoms with Gasteiger partial charge in [0.05, 0.1) is 6.54 Å². The number of aromatic hydroxyl groups is 1. The number of hydrogen-bond acceptors (Lipinski definition) is 5. The number of aromatic carboxylic acids is 1. The van der Waals surface area contributed by atoms with Crippen molar-refractivity contribution < 1.29 is 15.0 Å². The van der Waals surface area contributed by atoms with E-state index in [1.807, 2.05) is 0 Å². The molecule has 0 heterocycles. The molecule has 1 rings (SSSR count). The topological polar surface area (TPSA) is 108 Å². The van der Waals surface area contributed by atoms with Crippen LogP contribution in [-0.2, 0) is 0 Å². The highest BCUT2D eigenvalue weighted by Gasteiger charge is 2.11. The van der Waals surface area contributed by atoms with Gasteiger partial charge in [0.15, 0.2) is 0 Å². The van der Waals surface area contributed by atoms with E-state index in [4.69, 9.17) is 10.8 Å². The van der Waals surface area contributed by atoms with Crippen molar-refractivity contribution in [1.82, 2.24) is 5.32 Å². The second-order valence-electron chi connectivity index (χ2n) is 3.62. The van der Waals surface area contributed by atoms with E-state index in [1.54, 1.807) is 12.1 Å². The number of para-hydroxylation sites is 1. The summed E-state index contributed by atoms with van der Waals surface area (Å²) in [4.78, 5) is 14.9. The van der Waals surface area contributed by atoms with Crippen molar-refractivity contribution in [3.8, 4) is 5.75 Å². The number of hydrogen-bond donors (Lipinski definition) is 4. The van der Waals surface area contributed by atoms with Gasteiger partial charge in [-0.05, 0) is 12.1 Å². The first-order chi connectivity index (χ1) is 8.66. The van der Waals surface area contributed by atoms with Crippen LogP contribution in [0.25, 0.3) is 0 Å². The van der Waals surface area contributed by atoms with Crippen LogP contribution in [0.1, 0.15) is 15.9 Å². The van der Waals surface area contributed by atoms with Crippen LogP contribution in [0.15, 0.2) is 23.2 Å². The van der Waals surface area contributed by atoms with Gasteiger partial charge in [-0.1, -0.05) is 6.07 Å². The van der Waals surface area contributed by atoms with E-state index in [2.05, 4.69) is 10.3 Å². The molecule has 0 amide bonds. The van der Waals surface area contributed by atoms with Crippen molar-refractivity contribution in [2.24, 2.45) is 10.7 Å². The lowest BCUT2D eigenvalue weighted by Crippen LogP contribution is -2.24. The molecule has 0 fully saturated rings. The van der Waals surface area contributed by atoms with E-state index in [0.717, 1.165) is 6.54 Å². The maximum atomic E-state index is 10.8. The Hall–Kier alpha value is -1.92. The molecular weight excluding hydrogens is 234 g/mol. The Morgan fingerprint density at radius 1 is 1.44 bits per heavy atom. The number of rotatable bonds is 7. The van der Waals surface area contributed by atoms with Crippen molar-refractivity contribution in [3.05, 3.63) is 29.3 Å². The molecule has 1 aromatic carbocycles. The number of nitrogens with zero attached hydrogens (tertiary/aromatic N) is 1. The highest BCUT2D eigenvalue weighted by Crippen LogP contribution is 2.20. The minimum Gasteiger partial charge on any atom is -0.506 e. The summed E-state index contributed by atoms with van der Waals surface area (Å²) < 4.78 is 0. The highest BCUT2D eigenvalue weighted by molar-refractivity contribution is 5.95. The molecule has 0 saturated carbocycles. The van der Waals surface area contributed by atoms with Crippen LogP contribution in [0, 0.1) is 0 Å². The summed E-state index contributed by atoms with van der Waals surface area (Å²) in [5.74, 6) is -1.42. The second-order valence-corrected chi connectivity index (χ2v) is 3.62. The van der Waals surface area contributed by atoms with Gasteiger partial charge in [-0.2, -0.15) is 0 Å². The number of nitrogens with one attached hydrogen (secondary N) is 1. The monoisotopic (exact) mass is 251 g/mol. The molecule has 0 spiro atoms. The molecule has 98 valence electrons. The molecule has 0 aliphatic rings. The fourth-order valence-electron chi connectivity index (χ4n) is 1.37. The van der Waals surface area contributed by atoms with Crippen LogP contribution in [0.4, 0.5) is 0 Å². The van der Waals surface area contributed by atoms with Gasteiger partial charge in [-0.15, -0.1) is 0 Å². The van der Waals surface area contributed by atoms with Crippen molar-refractivity contribution in [3.63, 3.8) is 0 Å². The summed E-state index contributed by atoms with van der Waals surface area (Å²) in [5.41, 5.74) is 5.58. The largest absolute Gasteiger partial charge is 0.506 e. The molecule has 0 atom stereocenters. The average molecular weight is 251 g/mol. The molecule has 6 heteroatoms. The van der Waals surface area contributed by atoms with E-state index in [0.29, 0.717) is 25.2 Å². The Bertz CT molecular complexity index is 433. The van der Waals surface area contributed by atoms with Crippen LogP contribution < -0.4 is 11.1 Å². The Labute approximate surface area is 105 Å². The second kappa shape index (κ2) is 7.41. The van der Waals surface area contributed by atoms with Gasteiger partial charge in [0.2, 0.25) is 0 Å². The standard InChI is InChI=1S/C12H17N3O3/c13-4-5-14-6-7-15-8-9-2-1-3-10(11(9)16)12(17)18/h1-3,8,14,16H,4-7,13H2,(H,17,18). The molecule has 1 aromatic rings. The minimum absolute atomic E-state index is 0.125. The van der Waals surface area contributed by atoms with E-state index >= 15 is 0 Å². The lowest BCUT2D eigenvalue weighted by Gasteiger charge is -2.02. The number of carboxylic acids is 1. The van der Waals surface area contributed by atoms with Gasteiger partial charge >= 0.3 is 5.97 Å². The molecule has 5 N–H and O–H groups in total. The van der Waals surface area contributed by atoms with Crippen molar-refractivity contribution in [2.75, 3.05) is 26.2 Å². The summed E-state index contributed by atoms with van der Waals surface area (Å²) in [7, 11) is 0. The van der Waals surface area contributed by atoms with Gasteiger partial charge < -0.3 is 21.3 Å². The van der Waals surface area contributed by atoms with Gasteiger partial charge in [0.25, 0.3) is 0 Å². The maximum Gasteiger partial charge on any atom is 0.339 e. The number of carboxylic acid groups (broad SMARTS) is 1. The fourth-order valence-corrected chi connectivity index (χ4v) is 1.37. The third kappa shape index (κ3) is 4.15. The maximum absolute atomic E-state index is 10.8. The summed E-state index contributed by atoms with van der Waals surface area (Å²) in [5, 5.41) is 21.6. The zero-order chi connectivity index (χ0) is 13.4. The summed E-state index contributed by atoms with van der Waals surface area (Å²) in [6.07, 6.45) is 1.46. The predicted octanol–water partition coefficient (Wildman–Crippen LogP) is 0.0576. The van der Waals surface area contributed by atoms with E-state index in [1.165, 1.54) is 12.3 Å². The van der Waals surface area contributed by atoms with Crippen molar-refractivity contribution in [1.29, 1.82) is 0 Å². The number of phenols is 1. The van der Waals surface area contributed by atoms with Crippen LogP contribution in [-0.4, -0.2) is 48.6 Å². The molecule has 0 aliphatic heterocycles. The molecule has 0 radical (unpaired) electrons. The van der Waals surface area contributed by atoms with Crippen LogP contribution in [0.2, 0.25) is 0 Å². The average Bonchev–Trinajstić information content (AvgIpc) is 2.35. The fraction of sp³-hybridized carbons (Fsp3) is 0.333. The number of nitrogens with two attached hydrogens (primary N) is 1. The summed E-state index contributed by atoms with van der Waals surface area (Å²) in [6, 6.07) is 4.52. The van der Waals surface area contributed by atoms with E-state index < -0.39 is 5.97 Å². The van der Waals surface area contributed by atoms with E-state index in [-0.39, 0.29) is 11.3 Å². The molecule has 0 bridgehead atoms.